The number of aromatic amines is 1. The molecule has 0 unspecified atom stereocenters. The molecule has 0 aliphatic carbocycles. The fourth-order valence-corrected chi connectivity index (χ4v) is 2.67. The highest BCUT2D eigenvalue weighted by Crippen LogP contribution is 2.21. The monoisotopic (exact) mass is 316 g/mol. The summed E-state index contributed by atoms with van der Waals surface area (Å²) in [6, 6.07) is 6.22. The zero-order valence-electron chi connectivity index (χ0n) is 13.9. The second-order valence-electron chi connectivity index (χ2n) is 6.69. The number of amides is 1. The molecule has 5 heteroatoms. The van der Waals surface area contributed by atoms with E-state index in [-0.39, 0.29) is 12.3 Å². The maximum atomic E-state index is 12.1. The van der Waals surface area contributed by atoms with Gasteiger partial charge in [-0.15, -0.1) is 0 Å². The van der Waals surface area contributed by atoms with E-state index in [1.165, 1.54) is 5.56 Å². The zero-order chi connectivity index (χ0) is 17.0. The van der Waals surface area contributed by atoms with Crippen molar-refractivity contribution in [2.75, 3.05) is 0 Å². The molecule has 0 aliphatic rings. The van der Waals surface area contributed by atoms with Gasteiger partial charge in [0.1, 0.15) is 0 Å². The number of hydrogen-bond donors (Lipinski definition) is 3. The van der Waals surface area contributed by atoms with E-state index in [1.807, 2.05) is 33.0 Å². The molecule has 0 spiro atoms. The van der Waals surface area contributed by atoms with Gasteiger partial charge >= 0.3 is 5.97 Å². The van der Waals surface area contributed by atoms with Gasteiger partial charge in [-0.25, -0.2) is 0 Å². The Hall–Kier alpha value is -2.30. The van der Waals surface area contributed by atoms with Crippen LogP contribution in [0.15, 0.2) is 24.4 Å². The van der Waals surface area contributed by atoms with Gasteiger partial charge in [0.2, 0.25) is 5.91 Å². The molecule has 0 saturated carbocycles. The molecule has 1 aromatic heterocycles. The van der Waals surface area contributed by atoms with Crippen LogP contribution in [0, 0.1) is 6.92 Å². The molecule has 0 saturated heterocycles. The molecule has 0 radical (unpaired) electrons. The molecule has 5 nitrogen and oxygen atoms in total. The Morgan fingerprint density at radius 3 is 2.70 bits per heavy atom. The van der Waals surface area contributed by atoms with Crippen LogP contribution in [0.1, 0.15) is 44.2 Å². The Bertz CT molecular complexity index is 716. The van der Waals surface area contributed by atoms with Crippen LogP contribution in [0.4, 0.5) is 0 Å². The number of aryl methyl sites for hydroxylation is 2. The van der Waals surface area contributed by atoms with E-state index >= 15 is 0 Å². The predicted octanol–water partition coefficient (Wildman–Crippen LogP) is 3.17. The highest BCUT2D eigenvalue weighted by Gasteiger charge is 2.21. The lowest BCUT2D eigenvalue weighted by molar-refractivity contribution is -0.137. The second-order valence-corrected chi connectivity index (χ2v) is 6.69. The first-order valence-corrected chi connectivity index (χ1v) is 7.86. The van der Waals surface area contributed by atoms with Gasteiger partial charge < -0.3 is 15.4 Å². The first kappa shape index (κ1) is 17.1. The number of carboxylic acid groups (broad SMARTS) is 1. The van der Waals surface area contributed by atoms with Crippen molar-refractivity contribution in [2.45, 2.75) is 52.0 Å². The fourth-order valence-electron chi connectivity index (χ4n) is 2.67. The van der Waals surface area contributed by atoms with Crippen LogP contribution in [-0.2, 0) is 16.0 Å². The number of rotatable bonds is 7. The maximum Gasteiger partial charge on any atom is 0.303 e. The molecule has 1 aromatic carbocycles. The molecular formula is C18H24N2O3. The molecule has 2 aromatic rings. The summed E-state index contributed by atoms with van der Waals surface area (Å²) in [4.78, 5) is 26.0. The number of aliphatic carboxylic acids is 1. The largest absolute Gasteiger partial charge is 0.481 e. The van der Waals surface area contributed by atoms with E-state index < -0.39 is 11.5 Å². The van der Waals surface area contributed by atoms with E-state index in [0.29, 0.717) is 19.3 Å². The van der Waals surface area contributed by atoms with Gasteiger partial charge in [0.15, 0.2) is 0 Å². The average Bonchev–Trinajstić information content (AvgIpc) is 2.85. The first-order chi connectivity index (χ1) is 10.8. The van der Waals surface area contributed by atoms with Crippen LogP contribution in [-0.4, -0.2) is 27.5 Å². The molecule has 0 bridgehead atoms. The van der Waals surface area contributed by atoms with Crippen molar-refractivity contribution in [3.63, 3.8) is 0 Å². The van der Waals surface area contributed by atoms with Crippen LogP contribution in [0.5, 0.6) is 0 Å². The molecular weight excluding hydrogens is 292 g/mol. The number of benzene rings is 1. The quantitative estimate of drug-likeness (QED) is 0.734. The lowest BCUT2D eigenvalue weighted by atomic mass is 9.97. The Morgan fingerprint density at radius 1 is 1.26 bits per heavy atom. The third kappa shape index (κ3) is 4.84. The Labute approximate surface area is 136 Å². The molecule has 124 valence electrons. The Kier molecular flexibility index (Phi) is 5.08. The van der Waals surface area contributed by atoms with Gasteiger partial charge in [0.05, 0.1) is 0 Å². The smallest absolute Gasteiger partial charge is 0.303 e. The van der Waals surface area contributed by atoms with Gasteiger partial charge in [0, 0.05) is 35.5 Å². The zero-order valence-corrected chi connectivity index (χ0v) is 13.9. The minimum Gasteiger partial charge on any atom is -0.481 e. The number of carboxylic acids is 1. The molecule has 1 amide bonds. The Morgan fingerprint density at radius 2 is 2.00 bits per heavy atom. The molecule has 1 heterocycles. The normalized spacial score (nSPS) is 11.6. The number of carbonyl (C=O) groups excluding carboxylic acids is 1. The van der Waals surface area contributed by atoms with Crippen molar-refractivity contribution in [2.24, 2.45) is 0 Å². The van der Waals surface area contributed by atoms with Crippen molar-refractivity contribution in [3.05, 3.63) is 35.5 Å². The topological polar surface area (TPSA) is 82.2 Å². The second kappa shape index (κ2) is 6.86. The van der Waals surface area contributed by atoms with Gasteiger partial charge in [0.25, 0.3) is 0 Å². The van der Waals surface area contributed by atoms with E-state index in [2.05, 4.69) is 22.4 Å². The summed E-state index contributed by atoms with van der Waals surface area (Å²) >= 11 is 0. The van der Waals surface area contributed by atoms with Crippen LogP contribution < -0.4 is 5.32 Å². The van der Waals surface area contributed by atoms with Gasteiger partial charge in [-0.05, 0) is 51.3 Å². The standard InChI is InChI=1S/C18H24N2O3/c1-12-4-6-15-14(10-12)13(11-19-15)5-7-16(21)20-18(2,3)9-8-17(22)23/h4,6,10-11,19H,5,7-9H2,1-3H3,(H,20,21)(H,22,23). The first-order valence-electron chi connectivity index (χ1n) is 7.86. The van der Waals surface area contributed by atoms with E-state index in [1.54, 1.807) is 0 Å². The summed E-state index contributed by atoms with van der Waals surface area (Å²) in [6.07, 6.45) is 3.46. The van der Waals surface area contributed by atoms with Gasteiger partial charge in [-0.3, -0.25) is 9.59 Å². The van der Waals surface area contributed by atoms with Crippen LogP contribution in [0.3, 0.4) is 0 Å². The average molecular weight is 316 g/mol. The predicted molar refractivity (Wildman–Crippen MR) is 90.4 cm³/mol. The maximum absolute atomic E-state index is 12.1. The van der Waals surface area contributed by atoms with Crippen molar-refractivity contribution in [3.8, 4) is 0 Å². The lowest BCUT2D eigenvalue weighted by Crippen LogP contribution is -2.43. The lowest BCUT2D eigenvalue weighted by Gasteiger charge is -2.25. The number of H-pyrrole nitrogens is 1. The van der Waals surface area contributed by atoms with E-state index in [4.69, 9.17) is 5.11 Å². The van der Waals surface area contributed by atoms with Crippen molar-refractivity contribution < 1.29 is 14.7 Å². The molecule has 0 atom stereocenters. The minimum atomic E-state index is -0.846. The third-order valence-electron chi connectivity index (χ3n) is 3.99. The fraction of sp³-hybridized carbons (Fsp3) is 0.444. The summed E-state index contributed by atoms with van der Waals surface area (Å²) < 4.78 is 0. The summed E-state index contributed by atoms with van der Waals surface area (Å²) in [7, 11) is 0. The highest BCUT2D eigenvalue weighted by atomic mass is 16.4. The van der Waals surface area contributed by atoms with E-state index in [9.17, 15) is 9.59 Å². The molecule has 23 heavy (non-hydrogen) atoms. The van der Waals surface area contributed by atoms with Crippen LogP contribution >= 0.6 is 0 Å². The summed E-state index contributed by atoms with van der Waals surface area (Å²) in [5.41, 5.74) is 2.89. The summed E-state index contributed by atoms with van der Waals surface area (Å²) in [5, 5.41) is 12.8. The van der Waals surface area contributed by atoms with Crippen LogP contribution in [0.25, 0.3) is 10.9 Å². The van der Waals surface area contributed by atoms with Gasteiger partial charge in [-0.1, -0.05) is 11.6 Å². The number of aromatic nitrogens is 1. The third-order valence-corrected chi connectivity index (χ3v) is 3.99. The van der Waals surface area contributed by atoms with Crippen molar-refractivity contribution >= 4 is 22.8 Å². The summed E-state index contributed by atoms with van der Waals surface area (Å²) in [5.74, 6) is -0.899. The van der Waals surface area contributed by atoms with Crippen molar-refractivity contribution in [1.82, 2.24) is 10.3 Å². The molecule has 2 rings (SSSR count). The number of carbonyl (C=O) groups is 2. The van der Waals surface area contributed by atoms with Crippen LogP contribution in [0.2, 0.25) is 0 Å². The van der Waals surface area contributed by atoms with Gasteiger partial charge in [-0.2, -0.15) is 0 Å². The molecule has 0 aliphatic heterocycles. The number of hydrogen-bond acceptors (Lipinski definition) is 2. The number of nitrogens with one attached hydrogen (secondary N) is 2. The SMILES string of the molecule is Cc1ccc2[nH]cc(CCC(=O)NC(C)(C)CCC(=O)O)c2c1. The number of fused-ring (bicyclic) bond motifs is 1. The Balaban J connectivity index is 1.93. The molecule has 3 N–H and O–H groups in total. The van der Waals surface area contributed by atoms with Crippen molar-refractivity contribution in [1.29, 1.82) is 0 Å². The highest BCUT2D eigenvalue weighted by molar-refractivity contribution is 5.85. The molecule has 0 fully saturated rings. The van der Waals surface area contributed by atoms with E-state index in [0.717, 1.165) is 16.5 Å². The summed E-state index contributed by atoms with van der Waals surface area (Å²) in [6.45, 7) is 5.75. The minimum absolute atomic E-state index is 0.0506.